The molecule has 0 saturated carbocycles. The molecule has 4 nitrogen and oxygen atoms in total. The van der Waals surface area contributed by atoms with Crippen LogP contribution in [0.15, 0.2) is 29.2 Å². The lowest BCUT2D eigenvalue weighted by Crippen LogP contribution is -2.31. The Labute approximate surface area is 115 Å². The third-order valence-electron chi connectivity index (χ3n) is 3.56. The van der Waals surface area contributed by atoms with Gasteiger partial charge < -0.3 is 5.73 Å². The van der Waals surface area contributed by atoms with Gasteiger partial charge in [0, 0.05) is 13.1 Å². The van der Waals surface area contributed by atoms with E-state index in [2.05, 4.69) is 0 Å². The molecule has 1 aliphatic rings. The molecule has 1 saturated heterocycles. The van der Waals surface area contributed by atoms with Crippen LogP contribution in [0.25, 0.3) is 0 Å². The molecule has 0 amide bonds. The molecule has 1 aromatic carbocycles. The Morgan fingerprint density at radius 3 is 2.11 bits per heavy atom. The maximum absolute atomic E-state index is 12.5. The fraction of sp³-hybridized carbons (Fsp3) is 0.571. The standard InChI is InChI=1S/C14H22N2O2S/c15-10-9-13-5-7-14(8-6-13)19(17,18)16-11-3-1-2-4-12-16/h5-8H,1-4,9-12,15H2. The van der Waals surface area contributed by atoms with Gasteiger partial charge in [-0.3, -0.25) is 0 Å². The average Bonchev–Trinajstić information content (AvgIpc) is 2.69. The third-order valence-corrected chi connectivity index (χ3v) is 5.47. The summed E-state index contributed by atoms with van der Waals surface area (Å²) in [6.45, 7) is 1.87. The van der Waals surface area contributed by atoms with Gasteiger partial charge in [-0.1, -0.05) is 25.0 Å². The molecule has 1 heterocycles. The zero-order valence-corrected chi connectivity index (χ0v) is 12.0. The van der Waals surface area contributed by atoms with Crippen molar-refractivity contribution in [3.8, 4) is 0 Å². The van der Waals surface area contributed by atoms with Gasteiger partial charge in [0.05, 0.1) is 4.90 Å². The molecule has 0 aromatic heterocycles. The van der Waals surface area contributed by atoms with E-state index < -0.39 is 10.0 Å². The minimum Gasteiger partial charge on any atom is -0.330 e. The van der Waals surface area contributed by atoms with Gasteiger partial charge in [-0.05, 0) is 43.5 Å². The largest absolute Gasteiger partial charge is 0.330 e. The summed E-state index contributed by atoms with van der Waals surface area (Å²) in [5.74, 6) is 0. The molecule has 106 valence electrons. The minimum absolute atomic E-state index is 0.398. The molecular weight excluding hydrogens is 260 g/mol. The van der Waals surface area contributed by atoms with Crippen molar-refractivity contribution in [3.63, 3.8) is 0 Å². The predicted octanol–water partition coefficient (Wildman–Crippen LogP) is 1.75. The lowest BCUT2D eigenvalue weighted by molar-refractivity contribution is 0.423. The van der Waals surface area contributed by atoms with Crippen molar-refractivity contribution in [2.45, 2.75) is 37.0 Å². The van der Waals surface area contributed by atoms with Gasteiger partial charge in [-0.25, -0.2) is 8.42 Å². The van der Waals surface area contributed by atoms with Crippen molar-refractivity contribution in [2.24, 2.45) is 5.73 Å². The molecule has 19 heavy (non-hydrogen) atoms. The molecule has 0 aliphatic carbocycles. The molecule has 0 spiro atoms. The van der Waals surface area contributed by atoms with Crippen LogP contribution in [0, 0.1) is 0 Å². The Hall–Kier alpha value is -0.910. The zero-order chi connectivity index (χ0) is 13.7. The van der Waals surface area contributed by atoms with Crippen LogP contribution >= 0.6 is 0 Å². The summed E-state index contributed by atoms with van der Waals surface area (Å²) in [5.41, 5.74) is 6.57. The monoisotopic (exact) mass is 282 g/mol. The van der Waals surface area contributed by atoms with Gasteiger partial charge in [-0.15, -0.1) is 0 Å². The Kier molecular flexibility index (Phi) is 4.96. The van der Waals surface area contributed by atoms with E-state index in [1.54, 1.807) is 16.4 Å². The van der Waals surface area contributed by atoms with Gasteiger partial charge in [0.15, 0.2) is 0 Å². The third kappa shape index (κ3) is 3.55. The van der Waals surface area contributed by atoms with Crippen molar-refractivity contribution in [2.75, 3.05) is 19.6 Å². The van der Waals surface area contributed by atoms with E-state index in [1.165, 1.54) is 0 Å². The Morgan fingerprint density at radius 2 is 1.58 bits per heavy atom. The molecule has 1 aliphatic heterocycles. The van der Waals surface area contributed by atoms with Crippen LogP contribution in [0.5, 0.6) is 0 Å². The van der Waals surface area contributed by atoms with Crippen molar-refractivity contribution in [1.82, 2.24) is 4.31 Å². The van der Waals surface area contributed by atoms with Crippen molar-refractivity contribution in [1.29, 1.82) is 0 Å². The maximum Gasteiger partial charge on any atom is 0.243 e. The van der Waals surface area contributed by atoms with Crippen LogP contribution in [0.4, 0.5) is 0 Å². The summed E-state index contributed by atoms with van der Waals surface area (Å²) in [4.78, 5) is 0.398. The molecule has 2 N–H and O–H groups in total. The van der Waals surface area contributed by atoms with E-state index in [9.17, 15) is 8.42 Å². The molecule has 5 heteroatoms. The fourth-order valence-corrected chi connectivity index (χ4v) is 3.94. The van der Waals surface area contributed by atoms with E-state index >= 15 is 0 Å². The molecule has 1 aromatic rings. The highest BCUT2D eigenvalue weighted by Crippen LogP contribution is 2.20. The lowest BCUT2D eigenvalue weighted by atomic mass is 10.2. The topological polar surface area (TPSA) is 63.4 Å². The van der Waals surface area contributed by atoms with E-state index in [0.29, 0.717) is 24.5 Å². The molecule has 2 rings (SSSR count). The van der Waals surface area contributed by atoms with Gasteiger partial charge >= 0.3 is 0 Å². The van der Waals surface area contributed by atoms with Gasteiger partial charge in [-0.2, -0.15) is 4.31 Å². The fourth-order valence-electron chi connectivity index (χ4n) is 2.43. The molecule has 1 fully saturated rings. The van der Waals surface area contributed by atoms with Gasteiger partial charge in [0.1, 0.15) is 0 Å². The summed E-state index contributed by atoms with van der Waals surface area (Å²) in [6.07, 6.45) is 4.96. The second kappa shape index (κ2) is 6.50. The van der Waals surface area contributed by atoms with Crippen LogP contribution in [0.1, 0.15) is 31.2 Å². The number of rotatable bonds is 4. The second-order valence-corrected chi connectivity index (χ2v) is 6.94. The lowest BCUT2D eigenvalue weighted by Gasteiger charge is -2.20. The van der Waals surface area contributed by atoms with Crippen LogP contribution in [-0.4, -0.2) is 32.4 Å². The van der Waals surface area contributed by atoms with Gasteiger partial charge in [0.25, 0.3) is 0 Å². The average molecular weight is 282 g/mol. The summed E-state index contributed by atoms with van der Waals surface area (Å²) in [6, 6.07) is 7.12. The molecule has 0 atom stereocenters. The van der Waals surface area contributed by atoms with Crippen molar-refractivity contribution < 1.29 is 8.42 Å². The quantitative estimate of drug-likeness (QED) is 0.915. The van der Waals surface area contributed by atoms with Crippen LogP contribution < -0.4 is 5.73 Å². The summed E-state index contributed by atoms with van der Waals surface area (Å²) in [7, 11) is -3.31. The van der Waals surface area contributed by atoms with Crippen molar-refractivity contribution >= 4 is 10.0 Å². The van der Waals surface area contributed by atoms with Gasteiger partial charge in [0.2, 0.25) is 10.0 Å². The first-order chi connectivity index (χ1) is 9.14. The van der Waals surface area contributed by atoms with E-state index in [-0.39, 0.29) is 0 Å². The molecule has 0 bridgehead atoms. The van der Waals surface area contributed by atoms with Crippen LogP contribution in [0.2, 0.25) is 0 Å². The summed E-state index contributed by atoms with van der Waals surface area (Å²) < 4.78 is 26.6. The first kappa shape index (κ1) is 14.5. The highest BCUT2D eigenvalue weighted by atomic mass is 32.2. The van der Waals surface area contributed by atoms with Crippen LogP contribution in [0.3, 0.4) is 0 Å². The Balaban J connectivity index is 2.18. The first-order valence-electron chi connectivity index (χ1n) is 6.94. The molecule has 0 unspecified atom stereocenters. The van der Waals surface area contributed by atoms with E-state index in [1.807, 2.05) is 12.1 Å². The smallest absolute Gasteiger partial charge is 0.243 e. The summed E-state index contributed by atoms with van der Waals surface area (Å²) >= 11 is 0. The van der Waals surface area contributed by atoms with E-state index in [4.69, 9.17) is 5.73 Å². The number of hydrogen-bond donors (Lipinski definition) is 1. The first-order valence-corrected chi connectivity index (χ1v) is 8.38. The summed E-state index contributed by atoms with van der Waals surface area (Å²) in [5, 5.41) is 0. The number of benzene rings is 1. The minimum atomic E-state index is -3.31. The number of hydrogen-bond acceptors (Lipinski definition) is 3. The molecular formula is C14H22N2O2S. The second-order valence-electron chi connectivity index (χ2n) is 5.00. The predicted molar refractivity (Wildman–Crippen MR) is 76.4 cm³/mol. The zero-order valence-electron chi connectivity index (χ0n) is 11.2. The highest BCUT2D eigenvalue weighted by molar-refractivity contribution is 7.89. The highest BCUT2D eigenvalue weighted by Gasteiger charge is 2.24. The number of nitrogens with two attached hydrogens (primary N) is 1. The normalized spacial score (nSPS) is 18.2. The van der Waals surface area contributed by atoms with Crippen LogP contribution in [-0.2, 0) is 16.4 Å². The SMILES string of the molecule is NCCc1ccc(S(=O)(=O)N2CCCCCC2)cc1. The van der Waals surface area contributed by atoms with E-state index in [0.717, 1.165) is 37.7 Å². The maximum atomic E-state index is 12.5. The Morgan fingerprint density at radius 1 is 1.00 bits per heavy atom. The number of nitrogens with zero attached hydrogens (tertiary/aromatic N) is 1. The van der Waals surface area contributed by atoms with Crippen molar-refractivity contribution in [3.05, 3.63) is 29.8 Å². The Bertz CT molecular complexity index is 489. The number of sulfonamides is 1. The molecule has 0 radical (unpaired) electrons.